The highest BCUT2D eigenvalue weighted by Gasteiger charge is 2.25. The predicted molar refractivity (Wildman–Crippen MR) is 241 cm³/mol. The highest BCUT2D eigenvalue weighted by Crippen LogP contribution is 2.48. The van der Waals surface area contributed by atoms with Crippen molar-refractivity contribution in [3.05, 3.63) is 194 Å². The summed E-state index contributed by atoms with van der Waals surface area (Å²) in [7, 11) is 0. The van der Waals surface area contributed by atoms with E-state index in [1.165, 1.54) is 43.8 Å². The molecule has 4 aromatic heterocycles. The van der Waals surface area contributed by atoms with Crippen molar-refractivity contribution >= 4 is 93.2 Å². The number of hydrogen-bond acceptors (Lipinski definition) is 2. The number of aromatic nitrogens is 2. The molecule has 1 aliphatic carbocycles. The summed E-state index contributed by atoms with van der Waals surface area (Å²) in [5.74, 6) is 0.357. The lowest BCUT2D eigenvalue weighted by atomic mass is 9.92. The minimum atomic E-state index is 0.357. The zero-order valence-corrected chi connectivity index (χ0v) is 31.4. The molecule has 0 amide bonds. The fourth-order valence-electron chi connectivity index (χ4n) is 9.92. The maximum atomic E-state index is 6.71. The van der Waals surface area contributed by atoms with Crippen LogP contribution in [-0.2, 0) is 0 Å². The Morgan fingerprint density at radius 2 is 1.07 bits per heavy atom. The zero-order chi connectivity index (χ0) is 37.9. The molecule has 0 radical (unpaired) electrons. The van der Waals surface area contributed by atoms with E-state index in [0.717, 1.165) is 78.1 Å². The van der Waals surface area contributed by atoms with Gasteiger partial charge in [0.15, 0.2) is 0 Å². The molecular formula is C54H34N2O2. The second-order valence-electron chi connectivity index (χ2n) is 15.5. The third-order valence-corrected chi connectivity index (χ3v) is 12.5. The van der Waals surface area contributed by atoms with Crippen LogP contribution in [0.2, 0.25) is 0 Å². The Morgan fingerprint density at radius 3 is 1.90 bits per heavy atom. The van der Waals surface area contributed by atoms with E-state index in [4.69, 9.17) is 8.83 Å². The maximum absolute atomic E-state index is 6.71. The lowest BCUT2D eigenvalue weighted by Gasteiger charge is -2.18. The fraction of sp³-hybridized carbons (Fsp3) is 0.0370. The molecule has 0 aliphatic heterocycles. The average molecular weight is 743 g/mol. The van der Waals surface area contributed by atoms with Gasteiger partial charge in [-0.15, -0.1) is 0 Å². The molecule has 4 heteroatoms. The van der Waals surface area contributed by atoms with Crippen molar-refractivity contribution in [2.45, 2.75) is 12.3 Å². The van der Waals surface area contributed by atoms with Crippen LogP contribution in [0, 0.1) is 0 Å². The van der Waals surface area contributed by atoms with Gasteiger partial charge in [-0.25, -0.2) is 0 Å². The smallest absolute Gasteiger partial charge is 0.143 e. The first-order chi connectivity index (χ1) is 28.8. The molecule has 0 fully saturated rings. The molecule has 58 heavy (non-hydrogen) atoms. The molecule has 4 heterocycles. The average Bonchev–Trinajstić information content (AvgIpc) is 4.04. The van der Waals surface area contributed by atoms with Gasteiger partial charge in [0.1, 0.15) is 22.3 Å². The van der Waals surface area contributed by atoms with Crippen LogP contribution >= 0.6 is 0 Å². The summed E-state index contributed by atoms with van der Waals surface area (Å²) < 4.78 is 18.1. The van der Waals surface area contributed by atoms with Crippen LogP contribution in [0.15, 0.2) is 197 Å². The molecular weight excluding hydrogens is 709 g/mol. The Bertz CT molecular complexity index is 3720. The van der Waals surface area contributed by atoms with Gasteiger partial charge in [0.05, 0.1) is 22.1 Å². The van der Waals surface area contributed by atoms with Crippen LogP contribution < -0.4 is 0 Å². The molecule has 0 N–H and O–H groups in total. The van der Waals surface area contributed by atoms with Gasteiger partial charge in [-0.1, -0.05) is 127 Å². The Morgan fingerprint density at radius 1 is 0.431 bits per heavy atom. The van der Waals surface area contributed by atoms with E-state index in [9.17, 15) is 0 Å². The van der Waals surface area contributed by atoms with Crippen LogP contribution in [-0.4, -0.2) is 9.13 Å². The number of hydrogen-bond donors (Lipinski definition) is 0. The highest BCUT2D eigenvalue weighted by molar-refractivity contribution is 6.32. The molecule has 8 aromatic carbocycles. The molecule has 13 rings (SSSR count). The quantitative estimate of drug-likeness (QED) is 0.180. The van der Waals surface area contributed by atoms with E-state index in [-0.39, 0.29) is 0 Å². The normalized spacial score (nSPS) is 14.7. The predicted octanol–water partition coefficient (Wildman–Crippen LogP) is 14.9. The Kier molecular flexibility index (Phi) is 6.53. The van der Waals surface area contributed by atoms with E-state index in [0.29, 0.717) is 5.92 Å². The van der Waals surface area contributed by atoms with Crippen molar-refractivity contribution in [2.75, 3.05) is 0 Å². The summed E-state index contributed by atoms with van der Waals surface area (Å²) in [5, 5.41) is 9.38. The first-order valence-corrected chi connectivity index (χ1v) is 20.0. The molecule has 1 aliphatic rings. The molecule has 1 unspecified atom stereocenters. The van der Waals surface area contributed by atoms with Crippen molar-refractivity contribution < 1.29 is 8.83 Å². The first-order valence-electron chi connectivity index (χ1n) is 20.0. The molecule has 0 saturated heterocycles. The number of allylic oxidation sites excluding steroid dienone is 4. The summed E-state index contributed by atoms with van der Waals surface area (Å²) in [4.78, 5) is 0. The molecule has 12 aromatic rings. The van der Waals surface area contributed by atoms with E-state index >= 15 is 0 Å². The largest absolute Gasteiger partial charge is 0.456 e. The lowest BCUT2D eigenvalue weighted by molar-refractivity contribution is 0.668. The number of para-hydroxylation sites is 4. The molecule has 0 spiro atoms. The van der Waals surface area contributed by atoms with Gasteiger partial charge in [0, 0.05) is 72.0 Å². The second-order valence-corrected chi connectivity index (χ2v) is 15.5. The standard InChI is InChI=1S/C54H34N2O2/c1-2-12-33(13-3-1)34-24-26-35(27-25-34)55-44-20-7-4-16-43(44)52-46(55)30-31-47-53(52)51-40(42-19-10-18-41-38-15-6-9-23-49(38)58-54(41)42)17-11-21-45(51)56(47)36-28-29-39-37-14-5-8-22-48(37)57-50(39)32-36/h1-24,26-32,34H,25H2. The van der Waals surface area contributed by atoms with Crippen molar-refractivity contribution in [3.63, 3.8) is 0 Å². The zero-order valence-electron chi connectivity index (χ0n) is 31.4. The maximum Gasteiger partial charge on any atom is 0.143 e. The number of nitrogens with zero attached hydrogens (tertiary/aromatic N) is 2. The summed E-state index contributed by atoms with van der Waals surface area (Å²) in [5.41, 5.74) is 14.0. The molecule has 0 bridgehead atoms. The van der Waals surface area contributed by atoms with E-state index in [1.54, 1.807) is 0 Å². The van der Waals surface area contributed by atoms with Crippen LogP contribution in [0.25, 0.3) is 110 Å². The summed E-state index contributed by atoms with van der Waals surface area (Å²) >= 11 is 0. The molecule has 272 valence electrons. The number of furan rings is 2. The van der Waals surface area contributed by atoms with Crippen LogP contribution in [0.5, 0.6) is 0 Å². The van der Waals surface area contributed by atoms with Crippen molar-refractivity contribution in [1.29, 1.82) is 0 Å². The van der Waals surface area contributed by atoms with Gasteiger partial charge in [-0.05, 0) is 72.2 Å². The van der Waals surface area contributed by atoms with Gasteiger partial charge in [0.2, 0.25) is 0 Å². The number of fused-ring (bicyclic) bond motifs is 13. The third kappa shape index (κ3) is 4.40. The lowest BCUT2D eigenvalue weighted by Crippen LogP contribution is -2.02. The minimum absolute atomic E-state index is 0.357. The Labute approximate surface area is 332 Å². The van der Waals surface area contributed by atoms with Gasteiger partial charge in [0.25, 0.3) is 0 Å². The van der Waals surface area contributed by atoms with E-state index in [2.05, 4.69) is 179 Å². The van der Waals surface area contributed by atoms with Gasteiger partial charge in [-0.3, -0.25) is 0 Å². The van der Waals surface area contributed by atoms with Crippen molar-refractivity contribution in [3.8, 4) is 16.8 Å². The van der Waals surface area contributed by atoms with E-state index in [1.807, 2.05) is 18.2 Å². The Hall–Kier alpha value is -7.56. The number of benzene rings is 8. The van der Waals surface area contributed by atoms with Crippen LogP contribution in [0.4, 0.5) is 0 Å². The highest BCUT2D eigenvalue weighted by atomic mass is 16.3. The van der Waals surface area contributed by atoms with Gasteiger partial charge >= 0.3 is 0 Å². The van der Waals surface area contributed by atoms with Gasteiger partial charge in [-0.2, -0.15) is 0 Å². The number of rotatable bonds is 4. The molecule has 0 saturated carbocycles. The van der Waals surface area contributed by atoms with E-state index < -0.39 is 0 Å². The molecule has 1 atom stereocenters. The third-order valence-electron chi connectivity index (χ3n) is 12.5. The first kappa shape index (κ1) is 31.6. The molecule has 4 nitrogen and oxygen atoms in total. The van der Waals surface area contributed by atoms with Crippen LogP contribution in [0.1, 0.15) is 17.9 Å². The summed E-state index contributed by atoms with van der Waals surface area (Å²) in [6, 6.07) is 60.9. The summed E-state index contributed by atoms with van der Waals surface area (Å²) in [6.07, 6.45) is 8.04. The summed E-state index contributed by atoms with van der Waals surface area (Å²) in [6.45, 7) is 0. The fourth-order valence-corrected chi connectivity index (χ4v) is 9.92. The van der Waals surface area contributed by atoms with Crippen molar-refractivity contribution in [2.24, 2.45) is 0 Å². The SMILES string of the molecule is C1=CC(c2ccccc2)CC=C1n1c2ccccc2c2c3c4c(-c5cccc6c5oc5ccccc56)cccc4n(-c4ccc5c(c4)oc4ccccc45)c3ccc21. The minimum Gasteiger partial charge on any atom is -0.456 e. The van der Waals surface area contributed by atoms with Crippen molar-refractivity contribution in [1.82, 2.24) is 9.13 Å². The topological polar surface area (TPSA) is 36.1 Å². The van der Waals surface area contributed by atoms with Gasteiger partial charge < -0.3 is 18.0 Å². The monoisotopic (exact) mass is 742 g/mol. The second kappa shape index (κ2) is 12.0. The Balaban J connectivity index is 1.14. The van der Waals surface area contributed by atoms with Crippen LogP contribution in [0.3, 0.4) is 0 Å².